The summed E-state index contributed by atoms with van der Waals surface area (Å²) in [6.45, 7) is 0.548. The number of nitrogens with one attached hydrogen (secondary N) is 2. The number of carbonyl (C=O) groups excluding carboxylic acids is 1. The average Bonchev–Trinajstić information content (AvgIpc) is 3.23. The first-order valence-electron chi connectivity index (χ1n) is 8.88. The third kappa shape index (κ3) is 4.22. The molecule has 2 saturated heterocycles. The maximum absolute atomic E-state index is 12.4. The number of amides is 1. The van der Waals surface area contributed by atoms with Crippen molar-refractivity contribution in [3.8, 4) is 5.69 Å². The van der Waals surface area contributed by atoms with Crippen LogP contribution in [-0.2, 0) is 11.3 Å². The molecular formula is C19H25ClN4O. The fourth-order valence-electron chi connectivity index (χ4n) is 4.17. The molecule has 2 aliphatic heterocycles. The van der Waals surface area contributed by atoms with Crippen LogP contribution in [-0.4, -0.2) is 27.8 Å². The maximum atomic E-state index is 12.4. The standard InChI is InChI=1S/C19H24N4O.ClH/c24-19(12-14-10-16-6-7-17(11-14)22-16)20-13-15-4-1-2-5-18(15)23-9-3-8-21-23;/h1-5,8-9,14,16-17,22H,6-7,10-13H2,(H,20,24);1H. The van der Waals surface area contributed by atoms with Gasteiger partial charge in [0.1, 0.15) is 0 Å². The van der Waals surface area contributed by atoms with Crippen LogP contribution in [0.5, 0.6) is 0 Å². The molecule has 3 heterocycles. The van der Waals surface area contributed by atoms with Crippen molar-refractivity contribution in [3.63, 3.8) is 0 Å². The molecule has 2 atom stereocenters. The second-order valence-corrected chi connectivity index (χ2v) is 7.04. The molecule has 25 heavy (non-hydrogen) atoms. The molecule has 2 bridgehead atoms. The molecule has 6 heteroatoms. The fourth-order valence-corrected chi connectivity index (χ4v) is 4.17. The molecule has 1 amide bonds. The van der Waals surface area contributed by atoms with E-state index in [1.807, 2.05) is 41.2 Å². The van der Waals surface area contributed by atoms with E-state index in [0.29, 0.717) is 31.0 Å². The Hall–Kier alpha value is -1.85. The number of hydrogen-bond acceptors (Lipinski definition) is 3. The van der Waals surface area contributed by atoms with Crippen molar-refractivity contribution in [2.24, 2.45) is 5.92 Å². The van der Waals surface area contributed by atoms with Crippen LogP contribution in [0.1, 0.15) is 37.7 Å². The highest BCUT2D eigenvalue weighted by Gasteiger charge is 2.34. The van der Waals surface area contributed by atoms with E-state index < -0.39 is 0 Å². The van der Waals surface area contributed by atoms with Crippen LogP contribution in [0.2, 0.25) is 0 Å². The second-order valence-electron chi connectivity index (χ2n) is 7.04. The Morgan fingerprint density at radius 1 is 1.20 bits per heavy atom. The topological polar surface area (TPSA) is 59.0 Å². The molecular weight excluding hydrogens is 336 g/mol. The number of para-hydroxylation sites is 1. The zero-order chi connectivity index (χ0) is 16.4. The highest BCUT2D eigenvalue weighted by molar-refractivity contribution is 5.85. The number of hydrogen-bond donors (Lipinski definition) is 2. The summed E-state index contributed by atoms with van der Waals surface area (Å²) in [6, 6.07) is 11.2. The van der Waals surface area contributed by atoms with Crippen molar-refractivity contribution in [2.45, 2.75) is 50.7 Å². The van der Waals surface area contributed by atoms with Gasteiger partial charge in [-0.15, -0.1) is 12.4 Å². The predicted octanol–water partition coefficient (Wildman–Crippen LogP) is 2.83. The van der Waals surface area contributed by atoms with E-state index in [9.17, 15) is 4.79 Å². The Kier molecular flexibility index (Phi) is 5.76. The van der Waals surface area contributed by atoms with E-state index in [2.05, 4.69) is 15.7 Å². The van der Waals surface area contributed by atoms with Gasteiger partial charge in [0.15, 0.2) is 0 Å². The Morgan fingerprint density at radius 3 is 2.68 bits per heavy atom. The van der Waals surface area contributed by atoms with Crippen molar-refractivity contribution in [1.29, 1.82) is 0 Å². The van der Waals surface area contributed by atoms with Gasteiger partial charge in [-0.05, 0) is 49.3 Å². The fraction of sp³-hybridized carbons (Fsp3) is 0.474. The van der Waals surface area contributed by atoms with Gasteiger partial charge in [0.25, 0.3) is 0 Å². The smallest absolute Gasteiger partial charge is 0.220 e. The van der Waals surface area contributed by atoms with Gasteiger partial charge in [-0.2, -0.15) is 5.10 Å². The molecule has 0 saturated carbocycles. The van der Waals surface area contributed by atoms with Gasteiger partial charge in [0.05, 0.1) is 5.69 Å². The number of carbonyl (C=O) groups is 1. The average molecular weight is 361 g/mol. The normalized spacial score (nSPS) is 24.6. The molecule has 0 radical (unpaired) electrons. The molecule has 134 valence electrons. The van der Waals surface area contributed by atoms with Crippen LogP contribution in [0.3, 0.4) is 0 Å². The quantitative estimate of drug-likeness (QED) is 0.862. The van der Waals surface area contributed by atoms with Crippen LogP contribution < -0.4 is 10.6 Å². The van der Waals surface area contributed by atoms with Crippen LogP contribution >= 0.6 is 12.4 Å². The Morgan fingerprint density at radius 2 is 1.96 bits per heavy atom. The Bertz CT molecular complexity index is 691. The number of piperidine rings is 1. The van der Waals surface area contributed by atoms with Gasteiger partial charge in [-0.25, -0.2) is 4.68 Å². The number of halogens is 1. The predicted molar refractivity (Wildman–Crippen MR) is 99.9 cm³/mol. The number of benzene rings is 1. The molecule has 2 unspecified atom stereocenters. The molecule has 2 N–H and O–H groups in total. The van der Waals surface area contributed by atoms with Gasteiger partial charge in [0.2, 0.25) is 5.91 Å². The summed E-state index contributed by atoms with van der Waals surface area (Å²) in [4.78, 5) is 12.4. The van der Waals surface area contributed by atoms with Crippen molar-refractivity contribution < 1.29 is 4.79 Å². The molecule has 2 aromatic rings. The molecule has 2 aliphatic rings. The highest BCUT2D eigenvalue weighted by Crippen LogP contribution is 2.32. The highest BCUT2D eigenvalue weighted by atomic mass is 35.5. The van der Waals surface area contributed by atoms with E-state index in [4.69, 9.17) is 0 Å². The van der Waals surface area contributed by atoms with E-state index in [-0.39, 0.29) is 18.3 Å². The van der Waals surface area contributed by atoms with Crippen molar-refractivity contribution >= 4 is 18.3 Å². The number of rotatable bonds is 5. The number of nitrogens with zero attached hydrogens (tertiary/aromatic N) is 2. The molecule has 1 aromatic carbocycles. The van der Waals surface area contributed by atoms with Crippen molar-refractivity contribution in [2.75, 3.05) is 0 Å². The number of fused-ring (bicyclic) bond motifs is 2. The minimum Gasteiger partial charge on any atom is -0.352 e. The molecule has 5 nitrogen and oxygen atoms in total. The minimum absolute atomic E-state index is 0. The van der Waals surface area contributed by atoms with Gasteiger partial charge >= 0.3 is 0 Å². The van der Waals surface area contributed by atoms with Gasteiger partial charge in [-0.1, -0.05) is 18.2 Å². The van der Waals surface area contributed by atoms with Crippen LogP contribution in [0.25, 0.3) is 5.69 Å². The number of aromatic nitrogens is 2. The molecule has 4 rings (SSSR count). The lowest BCUT2D eigenvalue weighted by Gasteiger charge is -2.28. The Balaban J connectivity index is 0.00000182. The third-order valence-electron chi connectivity index (χ3n) is 5.26. The van der Waals surface area contributed by atoms with Crippen molar-refractivity contribution in [3.05, 3.63) is 48.3 Å². The lowest BCUT2D eigenvalue weighted by Crippen LogP contribution is -2.39. The summed E-state index contributed by atoms with van der Waals surface area (Å²) in [6.07, 6.45) is 9.19. The summed E-state index contributed by atoms with van der Waals surface area (Å²) < 4.78 is 1.84. The molecule has 1 aromatic heterocycles. The second kappa shape index (κ2) is 8.02. The summed E-state index contributed by atoms with van der Waals surface area (Å²) in [5.74, 6) is 0.696. The van der Waals surface area contributed by atoms with E-state index in [1.165, 1.54) is 12.8 Å². The largest absolute Gasteiger partial charge is 0.352 e. The Labute approximate surface area is 154 Å². The minimum atomic E-state index is 0. The van der Waals surface area contributed by atoms with Gasteiger partial charge in [0, 0.05) is 37.4 Å². The maximum Gasteiger partial charge on any atom is 0.220 e. The molecule has 2 fully saturated rings. The van der Waals surface area contributed by atoms with E-state index in [1.54, 1.807) is 6.20 Å². The first kappa shape index (κ1) is 18.0. The van der Waals surface area contributed by atoms with Crippen molar-refractivity contribution in [1.82, 2.24) is 20.4 Å². The van der Waals surface area contributed by atoms with Crippen LogP contribution in [0, 0.1) is 5.92 Å². The monoisotopic (exact) mass is 360 g/mol. The lowest BCUT2D eigenvalue weighted by molar-refractivity contribution is -0.122. The summed E-state index contributed by atoms with van der Waals surface area (Å²) in [7, 11) is 0. The first-order valence-corrected chi connectivity index (χ1v) is 8.88. The zero-order valence-electron chi connectivity index (χ0n) is 14.2. The molecule has 0 spiro atoms. The third-order valence-corrected chi connectivity index (χ3v) is 5.26. The van der Waals surface area contributed by atoms with Gasteiger partial charge < -0.3 is 10.6 Å². The lowest BCUT2D eigenvalue weighted by atomic mass is 9.89. The molecule has 0 aliphatic carbocycles. The van der Waals surface area contributed by atoms with Crippen LogP contribution in [0.4, 0.5) is 0 Å². The van der Waals surface area contributed by atoms with Gasteiger partial charge in [-0.3, -0.25) is 4.79 Å². The SMILES string of the molecule is Cl.O=C(CC1CC2CCC(C1)N2)NCc1ccccc1-n1cccn1. The van der Waals surface area contributed by atoms with E-state index in [0.717, 1.165) is 24.1 Å². The van der Waals surface area contributed by atoms with E-state index >= 15 is 0 Å². The summed E-state index contributed by atoms with van der Waals surface area (Å²) in [5.41, 5.74) is 2.10. The summed E-state index contributed by atoms with van der Waals surface area (Å²) >= 11 is 0. The summed E-state index contributed by atoms with van der Waals surface area (Å²) in [5, 5.41) is 11.0. The zero-order valence-corrected chi connectivity index (χ0v) is 15.0. The first-order chi connectivity index (χ1) is 11.8. The van der Waals surface area contributed by atoms with Crippen LogP contribution in [0.15, 0.2) is 42.7 Å².